The Morgan fingerprint density at radius 3 is 2.73 bits per heavy atom. The summed E-state index contributed by atoms with van der Waals surface area (Å²) >= 11 is 6.11. The van der Waals surface area contributed by atoms with Crippen molar-refractivity contribution in [1.29, 1.82) is 0 Å². The molecular weight excluding hydrogens is 352 g/mol. The number of fused-ring (bicyclic) bond motifs is 1. The highest BCUT2D eigenvalue weighted by molar-refractivity contribution is 6.30. The number of halogens is 1. The van der Waals surface area contributed by atoms with Crippen molar-refractivity contribution in [2.45, 2.75) is 6.54 Å². The highest BCUT2D eigenvalue weighted by Crippen LogP contribution is 2.24. The summed E-state index contributed by atoms with van der Waals surface area (Å²) < 4.78 is 1.83. The summed E-state index contributed by atoms with van der Waals surface area (Å²) in [6.07, 6.45) is 3.34. The van der Waals surface area contributed by atoms with E-state index in [1.807, 2.05) is 21.6 Å². The smallest absolute Gasteiger partial charge is 0.242 e. The van der Waals surface area contributed by atoms with E-state index in [4.69, 9.17) is 11.6 Å². The van der Waals surface area contributed by atoms with E-state index >= 15 is 0 Å². The lowest BCUT2D eigenvalue weighted by molar-refractivity contribution is -0.133. The molecule has 26 heavy (non-hydrogen) atoms. The van der Waals surface area contributed by atoms with Gasteiger partial charge >= 0.3 is 0 Å². The molecule has 4 rings (SSSR count). The van der Waals surface area contributed by atoms with Crippen molar-refractivity contribution in [2.24, 2.45) is 0 Å². The zero-order valence-corrected chi connectivity index (χ0v) is 15.2. The first-order valence-corrected chi connectivity index (χ1v) is 8.89. The summed E-state index contributed by atoms with van der Waals surface area (Å²) in [4.78, 5) is 30.4. The minimum absolute atomic E-state index is 0.0614. The lowest BCUT2D eigenvalue weighted by atomic mass is 10.3. The van der Waals surface area contributed by atoms with Crippen LogP contribution in [0.15, 0.2) is 36.7 Å². The van der Waals surface area contributed by atoms with Gasteiger partial charge in [-0.05, 0) is 31.3 Å². The van der Waals surface area contributed by atoms with Crippen LogP contribution in [0.4, 0.5) is 0 Å². The van der Waals surface area contributed by atoms with E-state index in [1.54, 1.807) is 24.5 Å². The van der Waals surface area contributed by atoms with Crippen LogP contribution in [0.5, 0.6) is 0 Å². The molecule has 4 heterocycles. The van der Waals surface area contributed by atoms with Crippen LogP contribution in [0.25, 0.3) is 22.7 Å². The van der Waals surface area contributed by atoms with Crippen molar-refractivity contribution >= 4 is 28.7 Å². The maximum atomic E-state index is 12.9. The zero-order chi connectivity index (χ0) is 18.1. The van der Waals surface area contributed by atoms with Crippen LogP contribution in [-0.4, -0.2) is 68.5 Å². The number of piperazine rings is 1. The van der Waals surface area contributed by atoms with Crippen LogP contribution in [0.3, 0.4) is 0 Å². The molecule has 0 bridgehead atoms. The van der Waals surface area contributed by atoms with Gasteiger partial charge in [-0.15, -0.1) is 0 Å². The van der Waals surface area contributed by atoms with Gasteiger partial charge in [0.25, 0.3) is 0 Å². The monoisotopic (exact) mass is 370 g/mol. The fourth-order valence-electron chi connectivity index (χ4n) is 3.12. The van der Waals surface area contributed by atoms with Crippen molar-refractivity contribution in [3.8, 4) is 11.5 Å². The molecule has 0 radical (unpaired) electrons. The Kier molecular flexibility index (Phi) is 4.57. The maximum Gasteiger partial charge on any atom is 0.242 e. The Labute approximate surface area is 156 Å². The lowest BCUT2D eigenvalue weighted by Gasteiger charge is -2.32. The lowest BCUT2D eigenvalue weighted by Crippen LogP contribution is -2.48. The molecule has 1 amide bonds. The number of carbonyl (C=O) groups excluding carboxylic acids is 1. The molecule has 134 valence electrons. The maximum absolute atomic E-state index is 12.9. The second kappa shape index (κ2) is 7.01. The van der Waals surface area contributed by atoms with Crippen LogP contribution in [0.2, 0.25) is 5.02 Å². The Hall–Kier alpha value is -2.51. The minimum atomic E-state index is 0.0614. The van der Waals surface area contributed by atoms with E-state index in [1.165, 1.54) is 0 Å². The molecule has 1 saturated heterocycles. The van der Waals surface area contributed by atoms with Gasteiger partial charge in [0.2, 0.25) is 5.91 Å². The number of amides is 1. The molecule has 0 aromatic carbocycles. The number of imidazole rings is 1. The zero-order valence-electron chi connectivity index (χ0n) is 14.5. The van der Waals surface area contributed by atoms with Crippen LogP contribution in [0.1, 0.15) is 0 Å². The molecule has 0 N–H and O–H groups in total. The summed E-state index contributed by atoms with van der Waals surface area (Å²) in [5, 5.41) is 0.576. The average molecular weight is 371 g/mol. The van der Waals surface area contributed by atoms with Crippen LogP contribution in [0, 0.1) is 0 Å². The molecule has 8 heteroatoms. The number of likely N-dealkylation sites (N-methyl/N-ethyl adjacent to an activating group) is 1. The first-order valence-electron chi connectivity index (χ1n) is 8.51. The predicted octanol–water partition coefficient (Wildman–Crippen LogP) is 1.92. The molecular formula is C18H19ClN6O. The molecule has 1 fully saturated rings. The predicted molar refractivity (Wildman–Crippen MR) is 99.8 cm³/mol. The Morgan fingerprint density at radius 2 is 1.96 bits per heavy atom. The van der Waals surface area contributed by atoms with Gasteiger partial charge in [-0.25, -0.2) is 9.97 Å². The third-order valence-electron chi connectivity index (χ3n) is 4.60. The molecule has 0 saturated carbocycles. The van der Waals surface area contributed by atoms with Gasteiger partial charge in [0.15, 0.2) is 11.5 Å². The van der Waals surface area contributed by atoms with E-state index in [-0.39, 0.29) is 12.5 Å². The number of carbonyl (C=O) groups is 1. The SMILES string of the molecule is CN1CCN(C(=O)Cn2c(-c3cc(Cl)ccn3)nc3cccnc32)CC1. The largest absolute Gasteiger partial charge is 0.339 e. The molecule has 7 nitrogen and oxygen atoms in total. The van der Waals surface area contributed by atoms with Gasteiger partial charge < -0.3 is 9.80 Å². The Morgan fingerprint density at radius 1 is 1.15 bits per heavy atom. The van der Waals surface area contributed by atoms with Gasteiger partial charge in [-0.3, -0.25) is 14.3 Å². The summed E-state index contributed by atoms with van der Waals surface area (Å²) in [5.74, 6) is 0.662. The topological polar surface area (TPSA) is 67.2 Å². The quantitative estimate of drug-likeness (QED) is 0.704. The normalized spacial score (nSPS) is 15.5. The van der Waals surface area contributed by atoms with E-state index < -0.39 is 0 Å². The van der Waals surface area contributed by atoms with Gasteiger partial charge in [-0.2, -0.15) is 0 Å². The summed E-state index contributed by atoms with van der Waals surface area (Å²) in [6, 6.07) is 7.18. The molecule has 1 aliphatic rings. The molecule has 0 spiro atoms. The number of nitrogens with zero attached hydrogens (tertiary/aromatic N) is 6. The Balaban J connectivity index is 1.71. The van der Waals surface area contributed by atoms with Gasteiger partial charge in [0, 0.05) is 43.6 Å². The molecule has 0 aliphatic carbocycles. The number of aromatic nitrogens is 4. The summed E-state index contributed by atoms with van der Waals surface area (Å²) in [6.45, 7) is 3.43. The van der Waals surface area contributed by atoms with Crippen molar-refractivity contribution in [1.82, 2.24) is 29.3 Å². The first-order chi connectivity index (χ1) is 12.6. The first kappa shape index (κ1) is 16.9. The third kappa shape index (κ3) is 3.27. The van der Waals surface area contributed by atoms with Crippen LogP contribution in [-0.2, 0) is 11.3 Å². The van der Waals surface area contributed by atoms with Crippen molar-refractivity contribution in [2.75, 3.05) is 33.2 Å². The highest BCUT2D eigenvalue weighted by atomic mass is 35.5. The standard InChI is InChI=1S/C18H19ClN6O/c1-23-7-9-24(10-8-23)16(26)12-25-17-14(3-2-5-21-17)22-18(25)15-11-13(19)4-6-20-15/h2-6,11H,7-10,12H2,1H3. The number of rotatable bonds is 3. The van der Waals surface area contributed by atoms with Crippen LogP contribution >= 0.6 is 11.6 Å². The summed E-state index contributed by atoms with van der Waals surface area (Å²) in [7, 11) is 2.07. The van der Waals surface area contributed by atoms with E-state index in [2.05, 4.69) is 26.9 Å². The third-order valence-corrected chi connectivity index (χ3v) is 4.84. The number of hydrogen-bond donors (Lipinski definition) is 0. The second-order valence-electron chi connectivity index (χ2n) is 6.41. The van der Waals surface area contributed by atoms with Gasteiger partial charge in [-0.1, -0.05) is 11.6 Å². The molecule has 0 atom stereocenters. The molecule has 3 aromatic heterocycles. The van der Waals surface area contributed by atoms with E-state index in [0.717, 1.165) is 31.7 Å². The molecule has 1 aliphatic heterocycles. The fraction of sp³-hybridized carbons (Fsp3) is 0.333. The van der Waals surface area contributed by atoms with Crippen molar-refractivity contribution in [3.05, 3.63) is 41.7 Å². The second-order valence-corrected chi connectivity index (χ2v) is 6.85. The molecule has 3 aromatic rings. The summed E-state index contributed by atoms with van der Waals surface area (Å²) in [5.41, 5.74) is 2.03. The number of pyridine rings is 2. The number of hydrogen-bond acceptors (Lipinski definition) is 5. The Bertz CT molecular complexity index is 948. The van der Waals surface area contributed by atoms with Crippen molar-refractivity contribution < 1.29 is 4.79 Å². The fourth-order valence-corrected chi connectivity index (χ4v) is 3.28. The highest BCUT2D eigenvalue weighted by Gasteiger charge is 2.22. The van der Waals surface area contributed by atoms with Crippen molar-refractivity contribution in [3.63, 3.8) is 0 Å². The van der Waals surface area contributed by atoms with Gasteiger partial charge in [0.1, 0.15) is 17.8 Å². The molecule has 0 unspecified atom stereocenters. The average Bonchev–Trinajstić information content (AvgIpc) is 3.01. The minimum Gasteiger partial charge on any atom is -0.339 e. The van der Waals surface area contributed by atoms with E-state index in [9.17, 15) is 4.79 Å². The van der Waals surface area contributed by atoms with Crippen LogP contribution < -0.4 is 0 Å². The van der Waals surface area contributed by atoms with E-state index in [0.29, 0.717) is 22.2 Å². The van der Waals surface area contributed by atoms with Gasteiger partial charge in [0.05, 0.1) is 0 Å².